The van der Waals surface area contributed by atoms with Gasteiger partial charge in [-0.05, 0) is 42.8 Å². The lowest BCUT2D eigenvalue weighted by Crippen LogP contribution is -2.18. The fourth-order valence-electron chi connectivity index (χ4n) is 2.16. The number of rotatable bonds is 5. The average Bonchev–Trinajstić information content (AvgIpc) is 2.40. The Hall–Kier alpha value is -1.38. The summed E-state index contributed by atoms with van der Waals surface area (Å²) in [6.45, 7) is 5.16. The van der Waals surface area contributed by atoms with E-state index in [0.717, 1.165) is 29.2 Å². The van der Waals surface area contributed by atoms with Crippen LogP contribution in [0.1, 0.15) is 36.7 Å². The van der Waals surface area contributed by atoms with Crippen molar-refractivity contribution in [3.63, 3.8) is 0 Å². The minimum Gasteiger partial charge on any atom is -0.310 e. The molecule has 2 aromatic rings. The Morgan fingerprint density at radius 2 is 2.11 bits per heavy atom. The highest BCUT2D eigenvalue weighted by Gasteiger charge is 2.09. The molecule has 1 aromatic carbocycles. The van der Waals surface area contributed by atoms with E-state index < -0.39 is 0 Å². The summed E-state index contributed by atoms with van der Waals surface area (Å²) >= 11 is 6.37. The standard InChI is InChI=1S/C16H19ClN2/c1-3-18-12(2)15-8-7-13(11-16(15)17)10-14-6-4-5-9-19-14/h4-9,11-12,18H,3,10H2,1-2H3. The van der Waals surface area contributed by atoms with Crippen molar-refractivity contribution in [3.05, 3.63) is 64.4 Å². The van der Waals surface area contributed by atoms with Gasteiger partial charge in [0.2, 0.25) is 0 Å². The number of benzene rings is 1. The molecule has 0 aliphatic carbocycles. The van der Waals surface area contributed by atoms with Gasteiger partial charge in [-0.3, -0.25) is 4.98 Å². The Bertz CT molecular complexity index is 526. The molecule has 0 fully saturated rings. The van der Waals surface area contributed by atoms with Crippen LogP contribution in [0.25, 0.3) is 0 Å². The molecule has 0 aliphatic heterocycles. The molecule has 1 N–H and O–H groups in total. The predicted octanol–water partition coefficient (Wildman–Crippen LogP) is 4.00. The quantitative estimate of drug-likeness (QED) is 0.892. The third-order valence-electron chi connectivity index (χ3n) is 3.15. The van der Waals surface area contributed by atoms with Crippen LogP contribution in [-0.4, -0.2) is 11.5 Å². The molecule has 0 aliphatic rings. The summed E-state index contributed by atoms with van der Waals surface area (Å²) in [5.74, 6) is 0. The van der Waals surface area contributed by atoms with Crippen LogP contribution in [0.15, 0.2) is 42.6 Å². The molecule has 0 bridgehead atoms. The molecule has 0 spiro atoms. The van der Waals surface area contributed by atoms with E-state index in [2.05, 4.69) is 36.3 Å². The van der Waals surface area contributed by atoms with Crippen LogP contribution in [0, 0.1) is 0 Å². The zero-order valence-electron chi connectivity index (χ0n) is 11.4. The monoisotopic (exact) mass is 274 g/mol. The molecule has 0 amide bonds. The smallest absolute Gasteiger partial charge is 0.0456 e. The number of nitrogens with one attached hydrogen (secondary N) is 1. The molecule has 0 saturated carbocycles. The summed E-state index contributed by atoms with van der Waals surface area (Å²) in [7, 11) is 0. The van der Waals surface area contributed by atoms with Crippen LogP contribution >= 0.6 is 11.6 Å². The molecular weight excluding hydrogens is 256 g/mol. The van der Waals surface area contributed by atoms with E-state index in [1.807, 2.05) is 30.5 Å². The second-order valence-electron chi connectivity index (χ2n) is 4.63. The van der Waals surface area contributed by atoms with Crippen LogP contribution in [-0.2, 0) is 6.42 Å². The minimum absolute atomic E-state index is 0.279. The normalized spacial score (nSPS) is 12.4. The second kappa shape index (κ2) is 6.69. The van der Waals surface area contributed by atoms with E-state index >= 15 is 0 Å². The minimum atomic E-state index is 0.279. The highest BCUT2D eigenvalue weighted by Crippen LogP contribution is 2.24. The van der Waals surface area contributed by atoms with Gasteiger partial charge in [0.05, 0.1) is 0 Å². The van der Waals surface area contributed by atoms with Gasteiger partial charge < -0.3 is 5.32 Å². The van der Waals surface area contributed by atoms with Crippen molar-refractivity contribution in [2.24, 2.45) is 0 Å². The number of nitrogens with zero attached hydrogens (tertiary/aromatic N) is 1. The van der Waals surface area contributed by atoms with Crippen molar-refractivity contribution in [1.29, 1.82) is 0 Å². The zero-order valence-corrected chi connectivity index (χ0v) is 12.1. The van der Waals surface area contributed by atoms with Crippen molar-refractivity contribution in [2.75, 3.05) is 6.54 Å². The van der Waals surface area contributed by atoms with E-state index in [0.29, 0.717) is 0 Å². The maximum Gasteiger partial charge on any atom is 0.0456 e. The van der Waals surface area contributed by atoms with Crippen LogP contribution in [0.4, 0.5) is 0 Å². The lowest BCUT2D eigenvalue weighted by Gasteiger charge is -2.15. The van der Waals surface area contributed by atoms with Gasteiger partial charge in [-0.25, -0.2) is 0 Å². The lowest BCUT2D eigenvalue weighted by molar-refractivity contribution is 0.598. The Morgan fingerprint density at radius 3 is 2.74 bits per heavy atom. The summed E-state index contributed by atoms with van der Waals surface area (Å²) in [6, 6.07) is 12.5. The molecule has 0 radical (unpaired) electrons. The zero-order chi connectivity index (χ0) is 13.7. The Balaban J connectivity index is 2.15. The van der Waals surface area contributed by atoms with Gasteiger partial charge >= 0.3 is 0 Å². The summed E-state index contributed by atoms with van der Waals surface area (Å²) < 4.78 is 0. The maximum absolute atomic E-state index is 6.37. The molecule has 100 valence electrons. The van der Waals surface area contributed by atoms with Crippen LogP contribution in [0.2, 0.25) is 5.02 Å². The Morgan fingerprint density at radius 1 is 1.26 bits per heavy atom. The van der Waals surface area contributed by atoms with Gasteiger partial charge in [0.15, 0.2) is 0 Å². The molecule has 1 heterocycles. The van der Waals surface area contributed by atoms with Crippen molar-refractivity contribution < 1.29 is 0 Å². The van der Waals surface area contributed by atoms with Crippen molar-refractivity contribution >= 4 is 11.6 Å². The predicted molar refractivity (Wildman–Crippen MR) is 80.6 cm³/mol. The number of halogens is 1. The van der Waals surface area contributed by atoms with Crippen molar-refractivity contribution in [3.8, 4) is 0 Å². The first-order chi connectivity index (χ1) is 9.20. The summed E-state index contributed by atoms with van der Waals surface area (Å²) in [4.78, 5) is 4.34. The molecule has 1 aromatic heterocycles. The van der Waals surface area contributed by atoms with Crippen LogP contribution in [0.3, 0.4) is 0 Å². The summed E-state index contributed by atoms with van der Waals surface area (Å²) in [5.41, 5.74) is 3.40. The summed E-state index contributed by atoms with van der Waals surface area (Å²) in [6.07, 6.45) is 2.63. The van der Waals surface area contributed by atoms with Crippen molar-refractivity contribution in [1.82, 2.24) is 10.3 Å². The van der Waals surface area contributed by atoms with Gasteiger partial charge in [-0.2, -0.15) is 0 Å². The third-order valence-corrected chi connectivity index (χ3v) is 3.48. The van der Waals surface area contributed by atoms with E-state index in [1.54, 1.807) is 0 Å². The first-order valence-corrected chi connectivity index (χ1v) is 7.00. The number of hydrogen-bond acceptors (Lipinski definition) is 2. The van der Waals surface area contributed by atoms with Gasteiger partial charge in [-0.1, -0.05) is 36.7 Å². The number of aromatic nitrogens is 1. The number of pyridine rings is 1. The van der Waals surface area contributed by atoms with Gasteiger partial charge in [0.1, 0.15) is 0 Å². The second-order valence-corrected chi connectivity index (χ2v) is 5.04. The molecule has 3 heteroatoms. The molecule has 1 unspecified atom stereocenters. The van der Waals surface area contributed by atoms with Gasteiger partial charge in [0, 0.05) is 29.4 Å². The Kier molecular flexibility index (Phi) is 4.94. The molecule has 19 heavy (non-hydrogen) atoms. The van der Waals surface area contributed by atoms with Crippen LogP contribution in [0.5, 0.6) is 0 Å². The van der Waals surface area contributed by atoms with Crippen LogP contribution < -0.4 is 5.32 Å². The molecule has 2 nitrogen and oxygen atoms in total. The third kappa shape index (κ3) is 3.79. The van der Waals surface area contributed by atoms with E-state index in [4.69, 9.17) is 11.6 Å². The maximum atomic E-state index is 6.37. The molecule has 1 atom stereocenters. The average molecular weight is 275 g/mol. The fourth-order valence-corrected chi connectivity index (χ4v) is 2.53. The van der Waals surface area contributed by atoms with E-state index in [-0.39, 0.29) is 6.04 Å². The van der Waals surface area contributed by atoms with E-state index in [1.165, 1.54) is 5.56 Å². The lowest BCUT2D eigenvalue weighted by atomic mass is 10.0. The molecule has 0 saturated heterocycles. The molecular formula is C16H19ClN2. The fraction of sp³-hybridized carbons (Fsp3) is 0.312. The first kappa shape index (κ1) is 14.0. The van der Waals surface area contributed by atoms with E-state index in [9.17, 15) is 0 Å². The topological polar surface area (TPSA) is 24.9 Å². The SMILES string of the molecule is CCNC(C)c1ccc(Cc2ccccn2)cc1Cl. The van der Waals surface area contributed by atoms with Gasteiger partial charge in [-0.15, -0.1) is 0 Å². The van der Waals surface area contributed by atoms with Crippen molar-refractivity contribution in [2.45, 2.75) is 26.3 Å². The summed E-state index contributed by atoms with van der Waals surface area (Å²) in [5, 5.41) is 4.20. The van der Waals surface area contributed by atoms with Gasteiger partial charge in [0.25, 0.3) is 0 Å². The first-order valence-electron chi connectivity index (χ1n) is 6.62. The highest BCUT2D eigenvalue weighted by atomic mass is 35.5. The largest absolute Gasteiger partial charge is 0.310 e. The Labute approximate surface area is 119 Å². The molecule has 2 rings (SSSR count). The highest BCUT2D eigenvalue weighted by molar-refractivity contribution is 6.31. The number of hydrogen-bond donors (Lipinski definition) is 1.